The predicted octanol–water partition coefficient (Wildman–Crippen LogP) is 4.81. The van der Waals surface area contributed by atoms with Crippen molar-refractivity contribution in [1.29, 1.82) is 0 Å². The molecule has 20 heavy (non-hydrogen) atoms. The number of halogens is 3. The fraction of sp³-hybridized carbons (Fsp3) is 0.200. The highest BCUT2D eigenvalue weighted by Gasteiger charge is 2.16. The maximum Gasteiger partial charge on any atom is 0.0503 e. The molecule has 2 aromatic carbocycles. The second-order valence-corrected chi connectivity index (χ2v) is 6.31. The molecular formula is C15H15BrCl2N2. The quantitative estimate of drug-likeness (QED) is 0.596. The third-order valence-corrected chi connectivity index (χ3v) is 4.78. The summed E-state index contributed by atoms with van der Waals surface area (Å²) in [7, 11) is 0. The molecule has 5 heteroatoms. The van der Waals surface area contributed by atoms with Gasteiger partial charge in [0.25, 0.3) is 0 Å². The fourth-order valence-corrected chi connectivity index (χ4v) is 2.95. The number of hydrogen-bond donors (Lipinski definition) is 2. The molecular weight excluding hydrogens is 359 g/mol. The Hall–Kier alpha value is -0.580. The first kappa shape index (κ1) is 15.8. The maximum atomic E-state index is 6.22. The van der Waals surface area contributed by atoms with Gasteiger partial charge >= 0.3 is 0 Å². The first-order chi connectivity index (χ1) is 9.52. The van der Waals surface area contributed by atoms with Gasteiger partial charge in [0, 0.05) is 14.5 Å². The van der Waals surface area contributed by atoms with Crippen LogP contribution in [-0.4, -0.2) is 0 Å². The summed E-state index contributed by atoms with van der Waals surface area (Å²) in [6, 6.07) is 11.5. The van der Waals surface area contributed by atoms with Crippen LogP contribution in [0.5, 0.6) is 0 Å². The van der Waals surface area contributed by atoms with Crippen LogP contribution in [0.15, 0.2) is 40.9 Å². The molecule has 0 saturated carbocycles. The molecule has 2 aromatic rings. The Balaban J connectivity index is 2.34. The van der Waals surface area contributed by atoms with Gasteiger partial charge in [0.05, 0.1) is 6.04 Å². The Morgan fingerprint density at radius 3 is 2.70 bits per heavy atom. The van der Waals surface area contributed by atoms with Gasteiger partial charge in [0.1, 0.15) is 0 Å². The molecule has 0 aromatic heterocycles. The number of hydrazine groups is 1. The molecule has 0 aliphatic carbocycles. The molecule has 0 heterocycles. The van der Waals surface area contributed by atoms with Crippen molar-refractivity contribution >= 4 is 39.1 Å². The Morgan fingerprint density at radius 1 is 1.25 bits per heavy atom. The largest absolute Gasteiger partial charge is 0.271 e. The Bertz CT molecular complexity index is 617. The predicted molar refractivity (Wildman–Crippen MR) is 89.1 cm³/mol. The molecule has 0 aliphatic heterocycles. The Kier molecular flexibility index (Phi) is 5.47. The van der Waals surface area contributed by atoms with Gasteiger partial charge in [-0.1, -0.05) is 51.3 Å². The zero-order valence-corrected chi connectivity index (χ0v) is 14.1. The van der Waals surface area contributed by atoms with E-state index in [4.69, 9.17) is 29.0 Å². The third-order valence-electron chi connectivity index (χ3n) is 3.32. The van der Waals surface area contributed by atoms with Gasteiger partial charge in [-0.05, 0) is 54.3 Å². The summed E-state index contributed by atoms with van der Waals surface area (Å²) in [6.45, 7) is 2.06. The molecule has 1 atom stereocenters. The SMILES string of the molecule is Cc1c(Br)cccc1C(Cc1cc(Cl)ccc1Cl)NN. The average molecular weight is 374 g/mol. The Labute approximate surface area is 137 Å². The summed E-state index contributed by atoms with van der Waals surface area (Å²) >= 11 is 15.8. The lowest BCUT2D eigenvalue weighted by Crippen LogP contribution is -2.30. The van der Waals surface area contributed by atoms with E-state index >= 15 is 0 Å². The van der Waals surface area contributed by atoms with Crippen molar-refractivity contribution in [1.82, 2.24) is 5.43 Å². The summed E-state index contributed by atoms with van der Waals surface area (Å²) in [4.78, 5) is 0. The van der Waals surface area contributed by atoms with Crippen LogP contribution in [0.2, 0.25) is 10.0 Å². The summed E-state index contributed by atoms with van der Waals surface area (Å²) in [6.07, 6.45) is 0.674. The van der Waals surface area contributed by atoms with E-state index in [1.807, 2.05) is 18.2 Å². The molecule has 0 bridgehead atoms. The van der Waals surface area contributed by atoms with Crippen molar-refractivity contribution < 1.29 is 0 Å². The molecule has 0 radical (unpaired) electrons. The summed E-state index contributed by atoms with van der Waals surface area (Å²) in [5.74, 6) is 5.72. The van der Waals surface area contributed by atoms with Crippen LogP contribution in [-0.2, 0) is 6.42 Å². The zero-order chi connectivity index (χ0) is 14.7. The van der Waals surface area contributed by atoms with E-state index in [1.54, 1.807) is 12.1 Å². The van der Waals surface area contributed by atoms with Gasteiger partial charge in [-0.25, -0.2) is 0 Å². The molecule has 2 rings (SSSR count). The molecule has 0 saturated heterocycles. The van der Waals surface area contributed by atoms with Crippen LogP contribution in [0.25, 0.3) is 0 Å². The van der Waals surface area contributed by atoms with E-state index in [1.165, 1.54) is 0 Å². The minimum absolute atomic E-state index is 0.0246. The standard InChI is InChI=1S/C15H15BrCl2N2/c1-9-12(3-2-4-13(9)16)15(20-19)8-10-7-11(17)5-6-14(10)18/h2-7,15,20H,8,19H2,1H3. The number of hydrogen-bond acceptors (Lipinski definition) is 2. The molecule has 2 nitrogen and oxygen atoms in total. The molecule has 106 valence electrons. The number of rotatable bonds is 4. The van der Waals surface area contributed by atoms with E-state index in [0.29, 0.717) is 16.5 Å². The lowest BCUT2D eigenvalue weighted by Gasteiger charge is -2.20. The smallest absolute Gasteiger partial charge is 0.0503 e. The highest BCUT2D eigenvalue weighted by Crippen LogP contribution is 2.29. The van der Waals surface area contributed by atoms with Crippen LogP contribution in [0, 0.1) is 6.92 Å². The van der Waals surface area contributed by atoms with Gasteiger partial charge in [0.2, 0.25) is 0 Å². The van der Waals surface area contributed by atoms with Crippen LogP contribution in [0.4, 0.5) is 0 Å². The van der Waals surface area contributed by atoms with Crippen LogP contribution >= 0.6 is 39.1 Å². The van der Waals surface area contributed by atoms with Crippen LogP contribution in [0.3, 0.4) is 0 Å². The zero-order valence-electron chi connectivity index (χ0n) is 11.0. The van der Waals surface area contributed by atoms with E-state index < -0.39 is 0 Å². The van der Waals surface area contributed by atoms with Crippen molar-refractivity contribution in [2.45, 2.75) is 19.4 Å². The monoisotopic (exact) mass is 372 g/mol. The average Bonchev–Trinajstić information content (AvgIpc) is 2.43. The van der Waals surface area contributed by atoms with E-state index in [0.717, 1.165) is 21.2 Å². The highest BCUT2D eigenvalue weighted by atomic mass is 79.9. The van der Waals surface area contributed by atoms with E-state index in [9.17, 15) is 0 Å². The van der Waals surface area contributed by atoms with Gasteiger partial charge in [-0.2, -0.15) is 0 Å². The van der Waals surface area contributed by atoms with Gasteiger partial charge in [-0.15, -0.1) is 0 Å². The second kappa shape index (κ2) is 6.92. The first-order valence-electron chi connectivity index (χ1n) is 6.18. The van der Waals surface area contributed by atoms with E-state index in [-0.39, 0.29) is 6.04 Å². The first-order valence-corrected chi connectivity index (χ1v) is 7.73. The van der Waals surface area contributed by atoms with Gasteiger partial charge < -0.3 is 0 Å². The summed E-state index contributed by atoms with van der Waals surface area (Å²) < 4.78 is 1.06. The van der Waals surface area contributed by atoms with Crippen molar-refractivity contribution in [3.63, 3.8) is 0 Å². The maximum absolute atomic E-state index is 6.22. The second-order valence-electron chi connectivity index (χ2n) is 4.61. The highest BCUT2D eigenvalue weighted by molar-refractivity contribution is 9.10. The molecule has 3 N–H and O–H groups in total. The Morgan fingerprint density at radius 2 is 2.00 bits per heavy atom. The molecule has 0 fully saturated rings. The lowest BCUT2D eigenvalue weighted by molar-refractivity contribution is 0.549. The fourth-order valence-electron chi connectivity index (χ4n) is 2.18. The summed E-state index contributed by atoms with van der Waals surface area (Å²) in [5.41, 5.74) is 6.13. The minimum Gasteiger partial charge on any atom is -0.271 e. The number of nitrogens with one attached hydrogen (secondary N) is 1. The normalized spacial score (nSPS) is 12.4. The molecule has 1 unspecified atom stereocenters. The van der Waals surface area contributed by atoms with Crippen molar-refractivity contribution in [3.8, 4) is 0 Å². The molecule has 0 spiro atoms. The number of benzene rings is 2. The molecule has 0 aliphatic rings. The lowest BCUT2D eigenvalue weighted by atomic mass is 9.96. The van der Waals surface area contributed by atoms with Crippen molar-refractivity contribution in [3.05, 3.63) is 67.6 Å². The van der Waals surface area contributed by atoms with Crippen LogP contribution in [0.1, 0.15) is 22.7 Å². The van der Waals surface area contributed by atoms with E-state index in [2.05, 4.69) is 34.3 Å². The van der Waals surface area contributed by atoms with Crippen molar-refractivity contribution in [2.24, 2.45) is 5.84 Å². The third kappa shape index (κ3) is 3.54. The van der Waals surface area contributed by atoms with Gasteiger partial charge in [0.15, 0.2) is 0 Å². The minimum atomic E-state index is -0.0246. The van der Waals surface area contributed by atoms with Crippen molar-refractivity contribution in [2.75, 3.05) is 0 Å². The number of nitrogens with two attached hydrogens (primary N) is 1. The summed E-state index contributed by atoms with van der Waals surface area (Å²) in [5, 5.41) is 1.37. The van der Waals surface area contributed by atoms with Crippen LogP contribution < -0.4 is 11.3 Å². The molecule has 0 amide bonds. The topological polar surface area (TPSA) is 38.0 Å². The van der Waals surface area contributed by atoms with Gasteiger partial charge in [-0.3, -0.25) is 11.3 Å².